The molecular weight excluding hydrogens is 388 g/mol. The van der Waals surface area contributed by atoms with Crippen molar-refractivity contribution in [1.29, 1.82) is 0 Å². The lowest BCUT2D eigenvalue weighted by Crippen LogP contribution is -2.03. The summed E-state index contributed by atoms with van der Waals surface area (Å²) in [6, 6.07) is 9.95. The van der Waals surface area contributed by atoms with Gasteiger partial charge in [0, 0.05) is 42.2 Å². The minimum absolute atomic E-state index is 0.0301. The highest BCUT2D eigenvalue weighted by Gasteiger charge is 2.17. The predicted molar refractivity (Wildman–Crippen MR) is 108 cm³/mol. The molecule has 142 valence electrons. The summed E-state index contributed by atoms with van der Waals surface area (Å²) in [6.07, 6.45) is 3.45. The zero-order valence-electron chi connectivity index (χ0n) is 15.0. The SMILES string of the molecule is COCCn1cc(C(=O)CCCc2ccc(F)cc2Cl)c2c(Cl)cccc21. The number of aryl methyl sites for hydroxylation is 1. The van der Waals surface area contributed by atoms with Crippen molar-refractivity contribution < 1.29 is 13.9 Å². The molecule has 3 nitrogen and oxygen atoms in total. The van der Waals surface area contributed by atoms with Gasteiger partial charge < -0.3 is 9.30 Å². The molecule has 0 saturated heterocycles. The maximum Gasteiger partial charge on any atom is 0.165 e. The van der Waals surface area contributed by atoms with Gasteiger partial charge in [-0.05, 0) is 42.7 Å². The minimum atomic E-state index is -0.363. The number of hydrogen-bond donors (Lipinski definition) is 0. The van der Waals surface area contributed by atoms with Crippen LogP contribution in [-0.2, 0) is 17.7 Å². The van der Waals surface area contributed by atoms with Gasteiger partial charge in [0.05, 0.1) is 17.1 Å². The number of rotatable bonds is 8. The Hall–Kier alpha value is -1.88. The Morgan fingerprint density at radius 1 is 1.19 bits per heavy atom. The third-order valence-electron chi connectivity index (χ3n) is 4.56. The van der Waals surface area contributed by atoms with Gasteiger partial charge in [0.1, 0.15) is 5.82 Å². The Morgan fingerprint density at radius 2 is 2.00 bits per heavy atom. The van der Waals surface area contributed by atoms with Crippen molar-refractivity contribution in [2.45, 2.75) is 25.8 Å². The van der Waals surface area contributed by atoms with Crippen LogP contribution in [0.15, 0.2) is 42.6 Å². The normalized spacial score (nSPS) is 11.3. The van der Waals surface area contributed by atoms with Crippen molar-refractivity contribution in [1.82, 2.24) is 4.57 Å². The molecule has 1 heterocycles. The highest BCUT2D eigenvalue weighted by Crippen LogP contribution is 2.30. The topological polar surface area (TPSA) is 31.2 Å². The van der Waals surface area contributed by atoms with E-state index < -0.39 is 0 Å². The van der Waals surface area contributed by atoms with Gasteiger partial charge >= 0.3 is 0 Å². The lowest BCUT2D eigenvalue weighted by Gasteiger charge is -2.04. The van der Waals surface area contributed by atoms with Gasteiger partial charge in [0.2, 0.25) is 0 Å². The number of halogens is 3. The van der Waals surface area contributed by atoms with Crippen LogP contribution < -0.4 is 0 Å². The average molecular weight is 408 g/mol. The highest BCUT2D eigenvalue weighted by atomic mass is 35.5. The summed E-state index contributed by atoms with van der Waals surface area (Å²) >= 11 is 12.4. The van der Waals surface area contributed by atoms with Crippen LogP contribution in [0.1, 0.15) is 28.8 Å². The summed E-state index contributed by atoms with van der Waals surface area (Å²) < 4.78 is 20.3. The molecule has 27 heavy (non-hydrogen) atoms. The van der Waals surface area contributed by atoms with Crippen molar-refractivity contribution in [3.63, 3.8) is 0 Å². The standard InChI is InChI=1S/C21H20Cl2FNO2/c1-27-11-10-25-13-16(21-17(22)5-3-6-19(21)25)20(26)7-2-4-14-8-9-15(24)12-18(14)23/h3,5-6,8-9,12-13H,2,4,7,10-11H2,1H3. The number of ketones is 1. The van der Waals surface area contributed by atoms with Crippen molar-refractivity contribution in [3.05, 3.63) is 69.6 Å². The second-order valence-corrected chi connectivity index (χ2v) is 7.19. The monoisotopic (exact) mass is 407 g/mol. The molecular formula is C21H20Cl2FNO2. The molecule has 0 radical (unpaired) electrons. The molecule has 0 bridgehead atoms. The van der Waals surface area contributed by atoms with Crippen LogP contribution >= 0.6 is 23.2 Å². The van der Waals surface area contributed by atoms with E-state index in [1.165, 1.54) is 12.1 Å². The van der Waals surface area contributed by atoms with Crippen LogP contribution in [0.3, 0.4) is 0 Å². The van der Waals surface area contributed by atoms with Crippen LogP contribution in [-0.4, -0.2) is 24.1 Å². The molecule has 3 aromatic rings. The van der Waals surface area contributed by atoms with Crippen molar-refractivity contribution >= 4 is 39.9 Å². The number of fused-ring (bicyclic) bond motifs is 1. The third-order valence-corrected chi connectivity index (χ3v) is 5.22. The van der Waals surface area contributed by atoms with E-state index in [-0.39, 0.29) is 11.6 Å². The Morgan fingerprint density at radius 3 is 2.74 bits per heavy atom. The fourth-order valence-corrected chi connectivity index (χ4v) is 3.73. The summed E-state index contributed by atoms with van der Waals surface area (Å²) in [7, 11) is 1.64. The Balaban J connectivity index is 1.77. The zero-order chi connectivity index (χ0) is 19.4. The van der Waals surface area contributed by atoms with Gasteiger partial charge in [-0.1, -0.05) is 35.3 Å². The van der Waals surface area contributed by atoms with Crippen LogP contribution in [0, 0.1) is 5.82 Å². The van der Waals surface area contributed by atoms with Crippen LogP contribution in [0.5, 0.6) is 0 Å². The molecule has 0 spiro atoms. The third kappa shape index (κ3) is 4.52. The number of aromatic nitrogens is 1. The fourth-order valence-electron chi connectivity index (χ4n) is 3.19. The van der Waals surface area contributed by atoms with E-state index in [1.54, 1.807) is 19.2 Å². The summed E-state index contributed by atoms with van der Waals surface area (Å²) in [6.45, 7) is 1.19. The molecule has 0 aliphatic heterocycles. The summed E-state index contributed by atoms with van der Waals surface area (Å²) in [5.41, 5.74) is 2.38. The largest absolute Gasteiger partial charge is 0.383 e. The fraction of sp³-hybridized carbons (Fsp3) is 0.286. The number of hydrogen-bond acceptors (Lipinski definition) is 2. The van der Waals surface area contributed by atoms with Gasteiger partial charge in [-0.3, -0.25) is 4.79 Å². The van der Waals surface area contributed by atoms with Gasteiger partial charge in [-0.15, -0.1) is 0 Å². The smallest absolute Gasteiger partial charge is 0.165 e. The summed E-state index contributed by atoms with van der Waals surface area (Å²) in [4.78, 5) is 12.8. The van der Waals surface area contributed by atoms with Crippen molar-refractivity contribution in [2.75, 3.05) is 13.7 Å². The molecule has 1 aromatic heterocycles. The van der Waals surface area contributed by atoms with Crippen LogP contribution in [0.2, 0.25) is 10.0 Å². The number of benzene rings is 2. The quantitative estimate of drug-likeness (QED) is 0.432. The summed E-state index contributed by atoms with van der Waals surface area (Å²) in [5.74, 6) is -0.333. The average Bonchev–Trinajstić information content (AvgIpc) is 3.02. The Labute approximate surface area is 167 Å². The maximum atomic E-state index is 13.1. The number of ether oxygens (including phenoxy) is 1. The molecule has 0 N–H and O–H groups in total. The van der Waals surface area contributed by atoms with Crippen LogP contribution in [0.25, 0.3) is 10.9 Å². The Kier molecular flexibility index (Phi) is 6.53. The molecule has 0 saturated carbocycles. The molecule has 2 aromatic carbocycles. The number of methoxy groups -OCH3 is 1. The molecule has 0 aliphatic rings. The molecule has 3 rings (SSSR count). The lowest BCUT2D eigenvalue weighted by molar-refractivity contribution is 0.0981. The molecule has 0 atom stereocenters. The van der Waals surface area contributed by atoms with Crippen molar-refractivity contribution in [2.24, 2.45) is 0 Å². The maximum absolute atomic E-state index is 13.1. The van der Waals surface area contributed by atoms with Gasteiger partial charge in [0.15, 0.2) is 5.78 Å². The van der Waals surface area contributed by atoms with E-state index in [0.717, 1.165) is 16.5 Å². The van der Waals surface area contributed by atoms with E-state index in [9.17, 15) is 9.18 Å². The molecule has 6 heteroatoms. The second-order valence-electron chi connectivity index (χ2n) is 6.38. The lowest BCUT2D eigenvalue weighted by atomic mass is 10.0. The molecule has 0 fully saturated rings. The van der Waals surface area contributed by atoms with E-state index in [0.29, 0.717) is 48.0 Å². The van der Waals surface area contributed by atoms with E-state index in [2.05, 4.69) is 0 Å². The van der Waals surface area contributed by atoms with E-state index >= 15 is 0 Å². The molecule has 0 unspecified atom stereocenters. The number of Topliss-reactive ketones (excluding diaryl/α,β-unsaturated/α-hetero) is 1. The minimum Gasteiger partial charge on any atom is -0.383 e. The van der Waals surface area contributed by atoms with Gasteiger partial charge in [0.25, 0.3) is 0 Å². The van der Waals surface area contributed by atoms with Gasteiger partial charge in [-0.2, -0.15) is 0 Å². The first-order valence-electron chi connectivity index (χ1n) is 8.74. The number of nitrogens with zero attached hydrogens (tertiary/aromatic N) is 1. The first kappa shape index (κ1) is 19.9. The second kappa shape index (κ2) is 8.87. The number of carbonyl (C=O) groups excluding carboxylic acids is 1. The van der Waals surface area contributed by atoms with E-state index in [1.807, 2.05) is 22.9 Å². The first-order chi connectivity index (χ1) is 13.0. The Bertz CT molecular complexity index is 968. The van der Waals surface area contributed by atoms with E-state index in [4.69, 9.17) is 27.9 Å². The first-order valence-corrected chi connectivity index (χ1v) is 9.50. The summed E-state index contributed by atoms with van der Waals surface area (Å²) in [5, 5.41) is 1.73. The van der Waals surface area contributed by atoms with Gasteiger partial charge in [-0.25, -0.2) is 4.39 Å². The van der Waals surface area contributed by atoms with Crippen LogP contribution in [0.4, 0.5) is 4.39 Å². The molecule has 0 amide bonds. The highest BCUT2D eigenvalue weighted by molar-refractivity contribution is 6.37. The zero-order valence-corrected chi connectivity index (χ0v) is 16.5. The van der Waals surface area contributed by atoms with Crippen molar-refractivity contribution in [3.8, 4) is 0 Å². The number of carbonyl (C=O) groups is 1. The molecule has 0 aliphatic carbocycles. The predicted octanol–water partition coefficient (Wildman–Crippen LogP) is 5.94.